The fourth-order valence-corrected chi connectivity index (χ4v) is 2.94. The van der Waals surface area contributed by atoms with Crippen LogP contribution in [0.5, 0.6) is 0 Å². The largest absolute Gasteiger partial charge is 0.350 e. The normalized spacial score (nSPS) is 21.9. The van der Waals surface area contributed by atoms with Crippen molar-refractivity contribution in [3.05, 3.63) is 35.4 Å². The summed E-state index contributed by atoms with van der Waals surface area (Å²) in [6.07, 6.45) is 2.50. The molecule has 4 heteroatoms. The SMILES string of the molecule is Cc1ccccc1C(=O)N1CCC2(CC1)OCCCO2. The van der Waals surface area contributed by atoms with Gasteiger partial charge in [0.2, 0.25) is 0 Å². The summed E-state index contributed by atoms with van der Waals surface area (Å²) in [4.78, 5) is 14.4. The van der Waals surface area contributed by atoms with Crippen LogP contribution < -0.4 is 0 Å². The van der Waals surface area contributed by atoms with Crippen LogP contribution in [0.1, 0.15) is 35.2 Å². The lowest BCUT2D eigenvalue weighted by Crippen LogP contribution is -2.51. The van der Waals surface area contributed by atoms with E-state index in [0.29, 0.717) is 13.1 Å². The van der Waals surface area contributed by atoms with E-state index in [0.717, 1.165) is 43.6 Å². The maximum Gasteiger partial charge on any atom is 0.254 e. The molecule has 0 aliphatic carbocycles. The van der Waals surface area contributed by atoms with Crippen molar-refractivity contribution in [2.45, 2.75) is 32.0 Å². The molecule has 3 rings (SSSR count). The number of carbonyl (C=O) groups excluding carboxylic acids is 1. The van der Waals surface area contributed by atoms with Gasteiger partial charge < -0.3 is 14.4 Å². The van der Waals surface area contributed by atoms with E-state index in [-0.39, 0.29) is 5.91 Å². The summed E-state index contributed by atoms with van der Waals surface area (Å²) in [5.41, 5.74) is 1.83. The van der Waals surface area contributed by atoms with Gasteiger partial charge in [-0.2, -0.15) is 0 Å². The van der Waals surface area contributed by atoms with Crippen molar-refractivity contribution in [3.63, 3.8) is 0 Å². The number of ether oxygens (including phenoxy) is 2. The van der Waals surface area contributed by atoms with Crippen LogP contribution in [0.2, 0.25) is 0 Å². The van der Waals surface area contributed by atoms with Gasteiger partial charge in [0.25, 0.3) is 5.91 Å². The zero-order valence-electron chi connectivity index (χ0n) is 11.9. The molecule has 1 aromatic rings. The zero-order valence-corrected chi connectivity index (χ0v) is 11.9. The van der Waals surface area contributed by atoms with Gasteiger partial charge in [-0.1, -0.05) is 18.2 Å². The first kappa shape index (κ1) is 13.6. The van der Waals surface area contributed by atoms with E-state index < -0.39 is 5.79 Å². The number of hydrogen-bond donors (Lipinski definition) is 0. The second-order valence-corrected chi connectivity index (χ2v) is 5.57. The van der Waals surface area contributed by atoms with Crippen LogP contribution in [0.4, 0.5) is 0 Å². The van der Waals surface area contributed by atoms with Crippen molar-refractivity contribution in [1.82, 2.24) is 4.90 Å². The highest BCUT2D eigenvalue weighted by atomic mass is 16.7. The first-order valence-electron chi connectivity index (χ1n) is 7.33. The predicted octanol–water partition coefficient (Wildman–Crippen LogP) is 2.36. The highest BCUT2D eigenvalue weighted by Gasteiger charge is 2.39. The van der Waals surface area contributed by atoms with Crippen LogP contribution >= 0.6 is 0 Å². The predicted molar refractivity (Wildman–Crippen MR) is 75.6 cm³/mol. The monoisotopic (exact) mass is 275 g/mol. The molecule has 2 saturated heterocycles. The van der Waals surface area contributed by atoms with Crippen LogP contribution in [-0.4, -0.2) is 42.9 Å². The smallest absolute Gasteiger partial charge is 0.254 e. The number of piperidine rings is 1. The first-order valence-corrected chi connectivity index (χ1v) is 7.33. The van der Waals surface area contributed by atoms with E-state index in [1.165, 1.54) is 0 Å². The van der Waals surface area contributed by atoms with Gasteiger partial charge in [-0.25, -0.2) is 0 Å². The van der Waals surface area contributed by atoms with Crippen LogP contribution in [-0.2, 0) is 9.47 Å². The number of nitrogens with zero attached hydrogens (tertiary/aromatic N) is 1. The summed E-state index contributed by atoms with van der Waals surface area (Å²) in [5, 5.41) is 0. The molecule has 0 atom stereocenters. The molecule has 2 fully saturated rings. The minimum atomic E-state index is -0.430. The average molecular weight is 275 g/mol. The molecule has 0 radical (unpaired) electrons. The number of rotatable bonds is 1. The summed E-state index contributed by atoms with van der Waals surface area (Å²) >= 11 is 0. The van der Waals surface area contributed by atoms with Crippen molar-refractivity contribution in [2.75, 3.05) is 26.3 Å². The van der Waals surface area contributed by atoms with Gasteiger partial charge in [0, 0.05) is 31.5 Å². The third-order valence-electron chi connectivity index (χ3n) is 4.21. The standard InChI is InChI=1S/C16H21NO3/c1-13-5-2-3-6-14(13)15(18)17-9-7-16(8-10-17)19-11-4-12-20-16/h2-3,5-6H,4,7-12H2,1H3. The van der Waals surface area contributed by atoms with Crippen LogP contribution in [0.25, 0.3) is 0 Å². The minimum Gasteiger partial charge on any atom is -0.350 e. The van der Waals surface area contributed by atoms with Crippen LogP contribution in [0, 0.1) is 6.92 Å². The molecule has 2 heterocycles. The number of aryl methyl sites for hydroxylation is 1. The van der Waals surface area contributed by atoms with Gasteiger partial charge in [-0.15, -0.1) is 0 Å². The number of benzene rings is 1. The summed E-state index contributed by atoms with van der Waals surface area (Å²) in [6, 6.07) is 7.75. The van der Waals surface area contributed by atoms with Gasteiger partial charge >= 0.3 is 0 Å². The maximum atomic E-state index is 12.5. The van der Waals surface area contributed by atoms with Gasteiger partial charge in [0.1, 0.15) is 0 Å². The van der Waals surface area contributed by atoms with Crippen LogP contribution in [0.15, 0.2) is 24.3 Å². The highest BCUT2D eigenvalue weighted by molar-refractivity contribution is 5.95. The number of likely N-dealkylation sites (tertiary alicyclic amines) is 1. The quantitative estimate of drug-likeness (QED) is 0.790. The Hall–Kier alpha value is -1.39. The number of amides is 1. The van der Waals surface area contributed by atoms with E-state index in [4.69, 9.17) is 9.47 Å². The number of carbonyl (C=O) groups is 1. The van der Waals surface area contributed by atoms with Gasteiger partial charge in [-0.05, 0) is 25.0 Å². The Labute approximate surface area is 119 Å². The molecular formula is C16H21NO3. The molecule has 4 nitrogen and oxygen atoms in total. The van der Waals surface area contributed by atoms with E-state index in [2.05, 4.69) is 0 Å². The molecule has 2 aliphatic heterocycles. The molecule has 1 spiro atoms. The minimum absolute atomic E-state index is 0.119. The fourth-order valence-electron chi connectivity index (χ4n) is 2.94. The molecule has 0 bridgehead atoms. The zero-order chi connectivity index (χ0) is 14.0. The molecule has 0 N–H and O–H groups in total. The molecule has 1 amide bonds. The van der Waals surface area contributed by atoms with Crippen molar-refractivity contribution in [2.24, 2.45) is 0 Å². The third kappa shape index (κ3) is 2.58. The van der Waals surface area contributed by atoms with Crippen molar-refractivity contribution in [3.8, 4) is 0 Å². The summed E-state index contributed by atoms with van der Waals surface area (Å²) in [6.45, 7) is 4.92. The molecule has 20 heavy (non-hydrogen) atoms. The lowest BCUT2D eigenvalue weighted by Gasteiger charge is -2.43. The molecule has 0 unspecified atom stereocenters. The summed E-state index contributed by atoms with van der Waals surface area (Å²) in [7, 11) is 0. The fraction of sp³-hybridized carbons (Fsp3) is 0.562. The average Bonchev–Trinajstić information content (AvgIpc) is 2.49. The summed E-state index contributed by atoms with van der Waals surface area (Å²) in [5.74, 6) is -0.311. The summed E-state index contributed by atoms with van der Waals surface area (Å²) < 4.78 is 11.6. The van der Waals surface area contributed by atoms with Crippen LogP contribution in [0.3, 0.4) is 0 Å². The van der Waals surface area contributed by atoms with Gasteiger partial charge in [0.15, 0.2) is 5.79 Å². The molecule has 0 aromatic heterocycles. The Morgan fingerprint density at radius 3 is 2.45 bits per heavy atom. The van der Waals surface area contributed by atoms with E-state index in [1.807, 2.05) is 36.1 Å². The lowest BCUT2D eigenvalue weighted by molar-refractivity contribution is -0.281. The number of hydrogen-bond acceptors (Lipinski definition) is 3. The van der Waals surface area contributed by atoms with Crippen molar-refractivity contribution < 1.29 is 14.3 Å². The second kappa shape index (κ2) is 5.54. The molecule has 0 saturated carbocycles. The van der Waals surface area contributed by atoms with E-state index in [1.54, 1.807) is 0 Å². The first-order chi connectivity index (χ1) is 9.70. The lowest BCUT2D eigenvalue weighted by atomic mass is 10.0. The van der Waals surface area contributed by atoms with Crippen molar-refractivity contribution in [1.29, 1.82) is 0 Å². The molecular weight excluding hydrogens is 254 g/mol. The molecule has 108 valence electrons. The maximum absolute atomic E-state index is 12.5. The van der Waals surface area contributed by atoms with Crippen molar-refractivity contribution >= 4 is 5.91 Å². The Balaban J connectivity index is 1.66. The van der Waals surface area contributed by atoms with Gasteiger partial charge in [0.05, 0.1) is 13.2 Å². The third-order valence-corrected chi connectivity index (χ3v) is 4.21. The molecule has 2 aliphatic rings. The Morgan fingerprint density at radius 2 is 1.80 bits per heavy atom. The second-order valence-electron chi connectivity index (χ2n) is 5.57. The Kier molecular flexibility index (Phi) is 3.76. The molecule has 1 aromatic carbocycles. The van der Waals surface area contributed by atoms with E-state index in [9.17, 15) is 4.79 Å². The Morgan fingerprint density at radius 1 is 1.15 bits per heavy atom. The highest BCUT2D eigenvalue weighted by Crippen LogP contribution is 2.31. The van der Waals surface area contributed by atoms with E-state index >= 15 is 0 Å². The van der Waals surface area contributed by atoms with Gasteiger partial charge in [-0.3, -0.25) is 4.79 Å². The topological polar surface area (TPSA) is 38.8 Å². The Bertz CT molecular complexity index is 484.